The van der Waals surface area contributed by atoms with Gasteiger partial charge in [0, 0.05) is 6.54 Å². The van der Waals surface area contributed by atoms with Crippen LogP contribution in [0.15, 0.2) is 4.99 Å². The van der Waals surface area contributed by atoms with Gasteiger partial charge in [-0.1, -0.05) is 65.7 Å². The Morgan fingerprint density at radius 3 is 1.88 bits per heavy atom. The van der Waals surface area contributed by atoms with Gasteiger partial charge < -0.3 is 63.6 Å². The molecule has 15 N–H and O–H groups in total. The lowest BCUT2D eigenvalue weighted by Gasteiger charge is -2.23. The third-order valence-electron chi connectivity index (χ3n) is 10.1. The van der Waals surface area contributed by atoms with Crippen molar-refractivity contribution in [2.24, 2.45) is 22.4 Å². The second kappa shape index (κ2) is 32.5. The molecule has 0 aromatic rings. The molecule has 0 aliphatic carbocycles. The second-order valence-corrected chi connectivity index (χ2v) is 16.3. The van der Waals surface area contributed by atoms with Crippen molar-refractivity contribution in [3.05, 3.63) is 0 Å². The Kier molecular flexibility index (Phi) is 28.5. The van der Waals surface area contributed by atoms with E-state index in [0.717, 1.165) is 51.4 Å². The van der Waals surface area contributed by atoms with Crippen molar-refractivity contribution in [3.8, 4) is 0 Å². The maximum atomic E-state index is 13.3. The third kappa shape index (κ3) is 25.4. The molecule has 0 aromatic heterocycles. The molecule has 1 aliphatic rings. The average Bonchev–Trinajstić information content (AvgIpc) is 3.80. The molecule has 374 valence electrons. The number of esters is 1. The van der Waals surface area contributed by atoms with Gasteiger partial charge >= 0.3 is 17.9 Å². The van der Waals surface area contributed by atoms with Crippen LogP contribution in [0.4, 0.5) is 0 Å². The number of guanidine groups is 1. The van der Waals surface area contributed by atoms with E-state index < -0.39 is 121 Å². The summed E-state index contributed by atoms with van der Waals surface area (Å²) in [5, 5.41) is 35.8. The number of nitrogens with zero attached hydrogens (tertiary/aromatic N) is 1. The first-order valence-corrected chi connectivity index (χ1v) is 22.4. The number of hydrogen-bond donors (Lipinski definition) is 13. The molecular formula is C41H72N12O13. The second-order valence-electron chi connectivity index (χ2n) is 16.3. The van der Waals surface area contributed by atoms with Crippen LogP contribution in [-0.2, 0) is 52.7 Å². The number of hydrogen-bond acceptors (Lipinski definition) is 14. The topological polar surface area (TPSA) is 393 Å². The van der Waals surface area contributed by atoms with Crippen molar-refractivity contribution in [1.29, 1.82) is 0 Å². The standard InChI is InChI=1S/C41H72N12O13/c1-5-6-7-8-9-10-11-12-19-66-40(65)29(50-32(56)22-46-35(59)25(4)48-37(61)26-15-13-17-44-26)20-30(54)53-52-27(16-14-18-45-41(42)43)36(60)47-23-31(55)49-28(21-33(57)58)38(62)51-34(24(2)3)39(63)64/h24-29,34,44,52H,5-23H2,1-4H3,(H,46,59)(H,47,60)(H,48,61)(H,49,55)(H,50,56)(H,51,62)(H,53,54)(H,57,58)(H,63,64)(H4,42,43,45)/t25-,26-,27-,28-,29-,34-/m0/s1. The fraction of sp³-hybridized carbons (Fsp3) is 0.732. The van der Waals surface area contributed by atoms with Crippen LogP contribution in [0, 0.1) is 5.92 Å². The first-order chi connectivity index (χ1) is 31.2. The maximum Gasteiger partial charge on any atom is 0.329 e. The molecule has 25 nitrogen and oxygen atoms in total. The van der Waals surface area contributed by atoms with Crippen LogP contribution in [0.25, 0.3) is 0 Å². The van der Waals surface area contributed by atoms with Crippen LogP contribution in [0.5, 0.6) is 0 Å². The third-order valence-corrected chi connectivity index (χ3v) is 10.1. The van der Waals surface area contributed by atoms with Gasteiger partial charge in [-0.05, 0) is 51.5 Å². The van der Waals surface area contributed by atoms with Gasteiger partial charge in [0.2, 0.25) is 41.4 Å². The molecule has 1 saturated heterocycles. The molecule has 6 atom stereocenters. The molecule has 0 bridgehead atoms. The Hall–Kier alpha value is -6.11. The highest BCUT2D eigenvalue weighted by Gasteiger charge is 2.31. The Morgan fingerprint density at radius 1 is 0.712 bits per heavy atom. The molecule has 0 saturated carbocycles. The molecule has 1 aliphatic heterocycles. The van der Waals surface area contributed by atoms with E-state index in [9.17, 15) is 58.2 Å². The summed E-state index contributed by atoms with van der Waals surface area (Å²) in [5.41, 5.74) is 15.6. The van der Waals surface area contributed by atoms with Crippen molar-refractivity contribution < 1.29 is 62.9 Å². The Balaban J connectivity index is 3.01. The molecule has 1 rings (SSSR count). The first kappa shape index (κ1) is 57.9. The highest BCUT2D eigenvalue weighted by atomic mass is 16.5. The molecule has 0 radical (unpaired) electrons. The van der Waals surface area contributed by atoms with Gasteiger partial charge in [0.25, 0.3) is 0 Å². The highest BCUT2D eigenvalue weighted by Crippen LogP contribution is 2.10. The minimum atomic E-state index is -1.70. The van der Waals surface area contributed by atoms with Crippen LogP contribution in [-0.4, -0.2) is 144 Å². The van der Waals surface area contributed by atoms with Gasteiger partial charge in [-0.15, -0.1) is 0 Å². The molecular weight excluding hydrogens is 869 g/mol. The lowest BCUT2D eigenvalue weighted by molar-refractivity contribution is -0.149. The van der Waals surface area contributed by atoms with Gasteiger partial charge in [0.1, 0.15) is 30.2 Å². The summed E-state index contributed by atoms with van der Waals surface area (Å²) in [6, 6.07) is -7.32. The fourth-order valence-corrected chi connectivity index (χ4v) is 6.42. The number of nitrogens with two attached hydrogens (primary N) is 2. The number of carboxylic acid groups (broad SMARTS) is 2. The zero-order valence-corrected chi connectivity index (χ0v) is 38.5. The van der Waals surface area contributed by atoms with Crippen LogP contribution in [0.2, 0.25) is 0 Å². The number of carbonyl (C=O) groups excluding carboxylic acids is 8. The maximum absolute atomic E-state index is 13.3. The van der Waals surface area contributed by atoms with E-state index in [-0.39, 0.29) is 37.9 Å². The zero-order chi connectivity index (χ0) is 49.6. The number of aliphatic carboxylic acids is 2. The van der Waals surface area contributed by atoms with Gasteiger partial charge in [0.05, 0.1) is 38.6 Å². The van der Waals surface area contributed by atoms with Crippen molar-refractivity contribution in [1.82, 2.24) is 48.1 Å². The molecule has 0 unspecified atom stereocenters. The van der Waals surface area contributed by atoms with Crippen LogP contribution in [0.3, 0.4) is 0 Å². The number of hydrazine groups is 1. The van der Waals surface area contributed by atoms with Gasteiger partial charge in [0.15, 0.2) is 5.96 Å². The quantitative estimate of drug-likeness (QED) is 0.0102. The van der Waals surface area contributed by atoms with E-state index in [1.54, 1.807) is 0 Å². The van der Waals surface area contributed by atoms with Gasteiger partial charge in [-0.2, -0.15) is 0 Å². The Morgan fingerprint density at radius 2 is 1.32 bits per heavy atom. The Bertz CT molecular complexity index is 1650. The summed E-state index contributed by atoms with van der Waals surface area (Å²) in [5.74, 6) is -10.3. The van der Waals surface area contributed by atoms with E-state index >= 15 is 0 Å². The molecule has 1 heterocycles. The zero-order valence-electron chi connectivity index (χ0n) is 38.5. The van der Waals surface area contributed by atoms with E-state index in [0.29, 0.717) is 19.4 Å². The van der Waals surface area contributed by atoms with Crippen LogP contribution in [0.1, 0.15) is 118 Å². The highest BCUT2D eigenvalue weighted by molar-refractivity contribution is 5.95. The largest absolute Gasteiger partial charge is 0.481 e. The minimum Gasteiger partial charge on any atom is -0.481 e. The molecule has 1 fully saturated rings. The number of ether oxygens (including phenoxy) is 1. The van der Waals surface area contributed by atoms with Gasteiger partial charge in [-0.3, -0.25) is 48.8 Å². The average molecular weight is 941 g/mol. The summed E-state index contributed by atoms with van der Waals surface area (Å²) < 4.78 is 5.40. The number of carboxylic acids is 2. The molecule has 25 heteroatoms. The SMILES string of the molecule is CCCCCCCCCCOC(=O)[C@H](CC(=O)NN[C@@H](CCCN=C(N)N)C(=O)NCC(=O)N[C@@H](CC(=O)O)C(=O)N[C@H](C(=O)O)C(C)C)NC(=O)CNC(=O)[C@H](C)NC(=O)[C@@H]1CCCN1. The number of unbranched alkanes of at least 4 members (excludes halogenated alkanes) is 7. The van der Waals surface area contributed by atoms with Crippen LogP contribution >= 0.6 is 0 Å². The predicted octanol–water partition coefficient (Wildman–Crippen LogP) is -2.74. The molecule has 7 amide bonds. The van der Waals surface area contributed by atoms with Crippen molar-refractivity contribution in [2.75, 3.05) is 32.8 Å². The number of nitrogens with one attached hydrogen (secondary N) is 9. The number of aliphatic imine (C=N–C) groups is 1. The summed E-state index contributed by atoms with van der Waals surface area (Å²) >= 11 is 0. The first-order valence-electron chi connectivity index (χ1n) is 22.4. The number of rotatable bonds is 34. The Labute approximate surface area is 384 Å². The van der Waals surface area contributed by atoms with Crippen LogP contribution < -0.4 is 59.5 Å². The smallest absolute Gasteiger partial charge is 0.329 e. The lowest BCUT2D eigenvalue weighted by atomic mass is 10.0. The lowest BCUT2D eigenvalue weighted by Crippen LogP contribution is -2.56. The molecule has 0 aromatic carbocycles. The normalized spacial score (nSPS) is 15.4. The van der Waals surface area contributed by atoms with Gasteiger partial charge in [-0.25, -0.2) is 15.0 Å². The number of carbonyl (C=O) groups is 10. The minimum absolute atomic E-state index is 0.0119. The monoisotopic (exact) mass is 941 g/mol. The fourth-order valence-electron chi connectivity index (χ4n) is 6.42. The summed E-state index contributed by atoms with van der Waals surface area (Å²) in [7, 11) is 0. The van der Waals surface area contributed by atoms with E-state index in [1.807, 2.05) is 0 Å². The number of amides is 7. The predicted molar refractivity (Wildman–Crippen MR) is 238 cm³/mol. The summed E-state index contributed by atoms with van der Waals surface area (Å²) in [4.78, 5) is 130. The summed E-state index contributed by atoms with van der Waals surface area (Å²) in [6.07, 6.45) is 7.79. The molecule has 0 spiro atoms. The van der Waals surface area contributed by atoms with Crippen molar-refractivity contribution in [3.63, 3.8) is 0 Å². The van der Waals surface area contributed by atoms with Crippen molar-refractivity contribution >= 4 is 65.2 Å². The summed E-state index contributed by atoms with van der Waals surface area (Å²) in [6.45, 7) is 5.94. The van der Waals surface area contributed by atoms with Crippen molar-refractivity contribution in [2.45, 2.75) is 154 Å². The van der Waals surface area contributed by atoms with E-state index in [1.165, 1.54) is 20.8 Å². The molecule has 66 heavy (non-hydrogen) atoms. The van der Waals surface area contributed by atoms with E-state index in [2.05, 4.69) is 60.0 Å². The van der Waals surface area contributed by atoms with E-state index in [4.69, 9.17) is 16.2 Å².